The lowest BCUT2D eigenvalue weighted by atomic mass is 11.9. The third kappa shape index (κ3) is 688. The summed E-state index contributed by atoms with van der Waals surface area (Å²) in [5, 5.41) is 0. The average molecular weight is 159 g/mol. The summed E-state index contributed by atoms with van der Waals surface area (Å²) < 4.78 is 8.88. The van der Waals surface area contributed by atoms with Gasteiger partial charge < -0.3 is 14.7 Å². The van der Waals surface area contributed by atoms with E-state index in [0.717, 1.165) is 0 Å². The molecule has 0 amide bonds. The van der Waals surface area contributed by atoms with Gasteiger partial charge in [0.25, 0.3) is 0 Å². The van der Waals surface area contributed by atoms with Crippen molar-refractivity contribution in [3.63, 3.8) is 0 Å². The molecule has 0 saturated heterocycles. The first-order valence-electron chi connectivity index (χ1n) is 1.68. The predicted molar refractivity (Wildman–Crippen MR) is 33.0 cm³/mol. The van der Waals surface area contributed by atoms with Gasteiger partial charge in [-0.15, -0.1) is 0 Å². The van der Waals surface area contributed by atoms with Crippen LogP contribution in [-0.2, 0) is 4.57 Å². The van der Waals surface area contributed by atoms with Crippen molar-refractivity contribution in [2.24, 2.45) is 0 Å². The Hall–Kier alpha value is 0.540. The molecule has 6 heteroatoms. The fraction of sp³-hybridized carbons (Fsp3) is 1.00. The summed E-state index contributed by atoms with van der Waals surface area (Å²) in [5.74, 6) is 0. The molecule has 0 rings (SSSR count). The van der Waals surface area contributed by atoms with Crippen LogP contribution < -0.4 is 0 Å². The molecule has 0 aromatic carbocycles. The van der Waals surface area contributed by atoms with Crippen LogP contribution in [0.1, 0.15) is 0 Å². The van der Waals surface area contributed by atoms with Crippen molar-refractivity contribution in [1.29, 1.82) is 0 Å². The first-order valence-corrected chi connectivity index (χ1v) is 5.03. The van der Waals surface area contributed by atoms with Crippen molar-refractivity contribution >= 4 is 16.4 Å². The first kappa shape index (κ1) is 11.4. The second kappa shape index (κ2) is 5.67. The average Bonchev–Trinajstić information content (AvgIpc) is 1.27. The zero-order valence-electron chi connectivity index (χ0n) is 4.64. The Morgan fingerprint density at radius 3 is 1.25 bits per heavy atom. The molecule has 3 N–H and O–H groups in total. The normalized spacial score (nSPS) is 9.62. The van der Waals surface area contributed by atoms with Crippen LogP contribution in [0, 0.1) is 0 Å². The van der Waals surface area contributed by atoms with Gasteiger partial charge in [-0.05, 0) is 13.3 Å². The SMILES string of the molecule is C[P]C.O=P(O)(O)O. The maximum Gasteiger partial charge on any atom is 0.466 e. The van der Waals surface area contributed by atoms with Gasteiger partial charge in [0.05, 0.1) is 0 Å². The Kier molecular flexibility index (Phi) is 8.05. The minimum Gasteiger partial charge on any atom is -0.303 e. The van der Waals surface area contributed by atoms with E-state index in [0.29, 0.717) is 0 Å². The van der Waals surface area contributed by atoms with Crippen LogP contribution in [-0.4, -0.2) is 28.0 Å². The van der Waals surface area contributed by atoms with Gasteiger partial charge in [-0.25, -0.2) is 4.57 Å². The zero-order valence-corrected chi connectivity index (χ0v) is 6.43. The molecule has 0 heterocycles. The highest BCUT2D eigenvalue weighted by molar-refractivity contribution is 7.45. The van der Waals surface area contributed by atoms with Gasteiger partial charge in [0.15, 0.2) is 0 Å². The van der Waals surface area contributed by atoms with Crippen LogP contribution in [0.25, 0.3) is 0 Å². The highest BCUT2D eigenvalue weighted by Crippen LogP contribution is 2.25. The van der Waals surface area contributed by atoms with Crippen molar-refractivity contribution in [3.8, 4) is 0 Å². The predicted octanol–water partition coefficient (Wildman–Crippen LogP) is 0.264. The van der Waals surface area contributed by atoms with E-state index in [1.807, 2.05) is 0 Å². The molecule has 0 aliphatic heterocycles. The summed E-state index contributed by atoms with van der Waals surface area (Å²) in [6, 6.07) is 0. The fourth-order valence-corrected chi connectivity index (χ4v) is 0. The summed E-state index contributed by atoms with van der Waals surface area (Å²) in [7, 11) is -3.22. The minimum absolute atomic E-state index is 1.42. The van der Waals surface area contributed by atoms with Crippen LogP contribution >= 0.6 is 16.4 Å². The second-order valence-corrected chi connectivity index (χ2v) is 2.88. The van der Waals surface area contributed by atoms with E-state index >= 15 is 0 Å². The van der Waals surface area contributed by atoms with Gasteiger partial charge in [-0.3, -0.25) is 0 Å². The molecule has 0 aromatic rings. The van der Waals surface area contributed by atoms with Crippen molar-refractivity contribution in [2.75, 3.05) is 13.3 Å². The molecule has 0 aliphatic rings. The summed E-state index contributed by atoms with van der Waals surface area (Å²) in [5.41, 5.74) is 0. The van der Waals surface area contributed by atoms with Crippen LogP contribution in [0.3, 0.4) is 0 Å². The van der Waals surface area contributed by atoms with Crippen molar-refractivity contribution < 1.29 is 19.2 Å². The molecule has 8 heavy (non-hydrogen) atoms. The molecule has 0 unspecified atom stereocenters. The van der Waals surface area contributed by atoms with E-state index in [-0.39, 0.29) is 0 Å². The molecule has 0 bridgehead atoms. The number of hydrogen-bond donors (Lipinski definition) is 3. The largest absolute Gasteiger partial charge is 0.466 e. The fourth-order valence-electron chi connectivity index (χ4n) is 0. The Balaban J connectivity index is 0. The van der Waals surface area contributed by atoms with Crippen LogP contribution in [0.5, 0.6) is 0 Å². The number of hydrogen-bond acceptors (Lipinski definition) is 1. The van der Waals surface area contributed by atoms with Gasteiger partial charge in [0, 0.05) is 0 Å². The topological polar surface area (TPSA) is 77.8 Å². The molecule has 0 aromatic heterocycles. The molecule has 0 saturated carbocycles. The van der Waals surface area contributed by atoms with Crippen LogP contribution in [0.15, 0.2) is 0 Å². The number of phosphoric acid groups is 1. The second-order valence-electron chi connectivity index (χ2n) is 0.960. The highest BCUT2D eigenvalue weighted by atomic mass is 31.2. The third-order valence-electron chi connectivity index (χ3n) is 0. The Labute approximate surface area is 50.0 Å². The first-order chi connectivity index (χ1) is 3.41. The Morgan fingerprint density at radius 1 is 1.25 bits per heavy atom. The molecular formula is C2H9O4P2. The van der Waals surface area contributed by atoms with Crippen LogP contribution in [0.4, 0.5) is 0 Å². The van der Waals surface area contributed by atoms with E-state index in [1.54, 1.807) is 0 Å². The lowest BCUT2D eigenvalue weighted by Crippen LogP contribution is -1.66. The molecule has 0 spiro atoms. The molecule has 0 fully saturated rings. The zero-order chi connectivity index (χ0) is 7.21. The van der Waals surface area contributed by atoms with E-state index in [9.17, 15) is 0 Å². The summed E-state index contributed by atoms with van der Waals surface area (Å²) in [4.78, 5) is 21.6. The third-order valence-corrected chi connectivity index (χ3v) is 0. The molecule has 0 aliphatic carbocycles. The summed E-state index contributed by atoms with van der Waals surface area (Å²) in [6.45, 7) is 4.19. The highest BCUT2D eigenvalue weighted by Gasteiger charge is 2.00. The minimum atomic E-state index is -4.64. The van der Waals surface area contributed by atoms with Gasteiger partial charge >= 0.3 is 7.82 Å². The van der Waals surface area contributed by atoms with Gasteiger partial charge in [0.1, 0.15) is 0 Å². The smallest absolute Gasteiger partial charge is 0.303 e. The lowest BCUT2D eigenvalue weighted by Gasteiger charge is -1.82. The monoisotopic (exact) mass is 159 g/mol. The standard InChI is InChI=1S/C2H6P.H3O4P/c1-3-2;1-5(2,3)4/h1-2H3;(H3,1,2,3,4). The molecule has 51 valence electrons. The summed E-state index contributed by atoms with van der Waals surface area (Å²) >= 11 is 0. The lowest BCUT2D eigenvalue weighted by molar-refractivity contribution is 0.275. The van der Waals surface area contributed by atoms with E-state index < -0.39 is 7.82 Å². The molecular weight excluding hydrogens is 150 g/mol. The van der Waals surface area contributed by atoms with E-state index in [1.165, 1.54) is 8.58 Å². The van der Waals surface area contributed by atoms with E-state index in [4.69, 9.17) is 19.2 Å². The maximum atomic E-state index is 8.88. The van der Waals surface area contributed by atoms with Gasteiger partial charge in [0.2, 0.25) is 0 Å². The van der Waals surface area contributed by atoms with E-state index in [2.05, 4.69) is 13.3 Å². The molecule has 4 nitrogen and oxygen atoms in total. The molecule has 0 atom stereocenters. The Morgan fingerprint density at radius 2 is 1.25 bits per heavy atom. The quantitative estimate of drug-likeness (QED) is 0.443. The molecule has 1 radical (unpaired) electrons. The van der Waals surface area contributed by atoms with Gasteiger partial charge in [-0.1, -0.05) is 8.58 Å². The summed E-state index contributed by atoms with van der Waals surface area (Å²) in [6.07, 6.45) is 0. The van der Waals surface area contributed by atoms with Crippen molar-refractivity contribution in [3.05, 3.63) is 0 Å². The maximum absolute atomic E-state index is 8.88. The Bertz CT molecular complexity index is 67.8. The number of rotatable bonds is 0. The van der Waals surface area contributed by atoms with Gasteiger partial charge in [-0.2, -0.15) is 0 Å². The van der Waals surface area contributed by atoms with Crippen molar-refractivity contribution in [2.45, 2.75) is 0 Å². The van der Waals surface area contributed by atoms with Crippen LogP contribution in [0.2, 0.25) is 0 Å². The van der Waals surface area contributed by atoms with Crippen molar-refractivity contribution in [1.82, 2.24) is 0 Å².